The molecule has 5 nitrogen and oxygen atoms in total. The molecule has 1 fully saturated rings. The maximum absolute atomic E-state index is 5.73. The summed E-state index contributed by atoms with van der Waals surface area (Å²) in [6.45, 7) is 7.23. The highest BCUT2D eigenvalue weighted by Crippen LogP contribution is 2.15. The van der Waals surface area contributed by atoms with Gasteiger partial charge < -0.3 is 5.73 Å². The summed E-state index contributed by atoms with van der Waals surface area (Å²) in [5, 5.41) is 0. The van der Waals surface area contributed by atoms with Crippen LogP contribution in [0, 0.1) is 0 Å². The van der Waals surface area contributed by atoms with Gasteiger partial charge in [-0.1, -0.05) is 30.3 Å². The zero-order valence-electron chi connectivity index (χ0n) is 13.0. The number of benzene rings is 1. The van der Waals surface area contributed by atoms with Crippen LogP contribution in [0.5, 0.6) is 0 Å². The van der Waals surface area contributed by atoms with Gasteiger partial charge in [0.25, 0.3) is 0 Å². The van der Waals surface area contributed by atoms with Crippen LogP contribution in [0.25, 0.3) is 0 Å². The van der Waals surface area contributed by atoms with E-state index < -0.39 is 0 Å². The maximum Gasteiger partial charge on any atom is 0.144 e. The van der Waals surface area contributed by atoms with E-state index in [2.05, 4.69) is 57.0 Å². The second kappa shape index (κ2) is 6.85. The maximum atomic E-state index is 5.73. The van der Waals surface area contributed by atoms with E-state index in [0.29, 0.717) is 11.9 Å². The van der Waals surface area contributed by atoms with Gasteiger partial charge in [0.2, 0.25) is 0 Å². The summed E-state index contributed by atoms with van der Waals surface area (Å²) >= 11 is 0. The fraction of sp³-hybridized carbons (Fsp3) is 0.412. The van der Waals surface area contributed by atoms with Crippen molar-refractivity contribution in [2.24, 2.45) is 0 Å². The molecule has 0 spiro atoms. The highest BCUT2D eigenvalue weighted by molar-refractivity contribution is 5.25. The Hall–Kier alpha value is -1.98. The first-order valence-corrected chi connectivity index (χ1v) is 7.78. The largest absolute Gasteiger partial charge is 0.384 e. The lowest BCUT2D eigenvalue weighted by Gasteiger charge is -2.39. The standard InChI is InChI=1S/C17H23N5/c1-14-11-21(12-15-5-3-2-4-6-15)9-10-22(14)13-17-19-8-7-16(18)20-17/h2-8,14H,9-13H2,1H3,(H2,18,19,20)/t14-/m0/s1. The highest BCUT2D eigenvalue weighted by Gasteiger charge is 2.24. The van der Waals surface area contributed by atoms with E-state index in [0.717, 1.165) is 38.5 Å². The van der Waals surface area contributed by atoms with Crippen LogP contribution in [0.15, 0.2) is 42.6 Å². The van der Waals surface area contributed by atoms with Crippen molar-refractivity contribution in [3.8, 4) is 0 Å². The molecule has 0 unspecified atom stereocenters. The van der Waals surface area contributed by atoms with Crippen LogP contribution < -0.4 is 5.73 Å². The average Bonchev–Trinajstić information content (AvgIpc) is 2.51. The Bertz CT molecular complexity index is 601. The molecule has 0 saturated carbocycles. The van der Waals surface area contributed by atoms with Gasteiger partial charge in [-0.2, -0.15) is 0 Å². The van der Waals surface area contributed by atoms with E-state index in [9.17, 15) is 0 Å². The zero-order chi connectivity index (χ0) is 15.4. The molecular formula is C17H23N5. The number of aromatic nitrogens is 2. The van der Waals surface area contributed by atoms with Crippen LogP contribution in [0.1, 0.15) is 18.3 Å². The summed E-state index contributed by atoms with van der Waals surface area (Å²) in [6, 6.07) is 12.9. The summed E-state index contributed by atoms with van der Waals surface area (Å²) in [4.78, 5) is 13.5. The summed E-state index contributed by atoms with van der Waals surface area (Å²) in [7, 11) is 0. The molecule has 2 heterocycles. The van der Waals surface area contributed by atoms with Crippen LogP contribution in [0.4, 0.5) is 5.82 Å². The van der Waals surface area contributed by atoms with Crippen molar-refractivity contribution in [1.82, 2.24) is 19.8 Å². The quantitative estimate of drug-likeness (QED) is 0.932. The third-order valence-corrected chi connectivity index (χ3v) is 4.17. The van der Waals surface area contributed by atoms with E-state index in [-0.39, 0.29) is 0 Å². The number of hydrogen-bond acceptors (Lipinski definition) is 5. The van der Waals surface area contributed by atoms with E-state index in [1.165, 1.54) is 5.56 Å². The first-order chi connectivity index (χ1) is 10.7. The van der Waals surface area contributed by atoms with Crippen molar-refractivity contribution in [2.75, 3.05) is 25.4 Å². The first-order valence-electron chi connectivity index (χ1n) is 7.78. The van der Waals surface area contributed by atoms with Crippen LogP contribution in [0.3, 0.4) is 0 Å². The molecule has 2 N–H and O–H groups in total. The van der Waals surface area contributed by atoms with Gasteiger partial charge in [0, 0.05) is 38.4 Å². The Labute approximate surface area is 131 Å². The Morgan fingerprint density at radius 3 is 2.68 bits per heavy atom. The summed E-state index contributed by atoms with van der Waals surface area (Å²) < 4.78 is 0. The summed E-state index contributed by atoms with van der Waals surface area (Å²) in [6.07, 6.45) is 1.73. The predicted molar refractivity (Wildman–Crippen MR) is 88.0 cm³/mol. The molecule has 5 heteroatoms. The Balaban J connectivity index is 1.56. The summed E-state index contributed by atoms with van der Waals surface area (Å²) in [5.74, 6) is 1.35. The van der Waals surface area contributed by atoms with E-state index >= 15 is 0 Å². The molecule has 1 aliphatic rings. The van der Waals surface area contributed by atoms with E-state index in [4.69, 9.17) is 5.73 Å². The molecule has 22 heavy (non-hydrogen) atoms. The van der Waals surface area contributed by atoms with Gasteiger partial charge in [-0.25, -0.2) is 9.97 Å². The number of hydrogen-bond donors (Lipinski definition) is 1. The van der Waals surface area contributed by atoms with Gasteiger partial charge in [-0.05, 0) is 18.6 Å². The van der Waals surface area contributed by atoms with Crippen LogP contribution >= 0.6 is 0 Å². The predicted octanol–water partition coefficient (Wildman–Crippen LogP) is 1.77. The van der Waals surface area contributed by atoms with Crippen molar-refractivity contribution in [3.63, 3.8) is 0 Å². The van der Waals surface area contributed by atoms with Gasteiger partial charge in [0.15, 0.2) is 0 Å². The Morgan fingerprint density at radius 1 is 1.14 bits per heavy atom. The highest BCUT2D eigenvalue weighted by atomic mass is 15.3. The van der Waals surface area contributed by atoms with Crippen molar-refractivity contribution in [1.29, 1.82) is 0 Å². The van der Waals surface area contributed by atoms with E-state index in [1.807, 2.05) is 0 Å². The second-order valence-electron chi connectivity index (χ2n) is 5.94. The molecule has 0 radical (unpaired) electrons. The summed E-state index contributed by atoms with van der Waals surface area (Å²) in [5.41, 5.74) is 7.11. The number of rotatable bonds is 4. The molecule has 1 aliphatic heterocycles. The number of anilines is 1. The number of nitrogen functional groups attached to an aromatic ring is 1. The molecule has 2 aromatic rings. The second-order valence-corrected chi connectivity index (χ2v) is 5.94. The van der Waals surface area contributed by atoms with E-state index in [1.54, 1.807) is 12.3 Å². The first kappa shape index (κ1) is 14.9. The molecule has 1 atom stereocenters. The minimum absolute atomic E-state index is 0.488. The lowest BCUT2D eigenvalue weighted by Crippen LogP contribution is -2.51. The minimum Gasteiger partial charge on any atom is -0.384 e. The fourth-order valence-electron chi connectivity index (χ4n) is 2.96. The van der Waals surface area contributed by atoms with Crippen molar-refractivity contribution >= 4 is 5.82 Å². The normalized spacial score (nSPS) is 20.1. The third-order valence-electron chi connectivity index (χ3n) is 4.17. The SMILES string of the molecule is C[C@H]1CN(Cc2ccccc2)CCN1Cc1nccc(N)n1. The van der Waals surface area contributed by atoms with Crippen LogP contribution in [-0.4, -0.2) is 45.4 Å². The monoisotopic (exact) mass is 297 g/mol. The average molecular weight is 297 g/mol. The third kappa shape index (κ3) is 3.81. The number of nitrogens with two attached hydrogens (primary N) is 1. The van der Waals surface area contributed by atoms with Crippen LogP contribution in [-0.2, 0) is 13.1 Å². The van der Waals surface area contributed by atoms with Crippen molar-refractivity contribution < 1.29 is 0 Å². The van der Waals surface area contributed by atoms with Gasteiger partial charge >= 0.3 is 0 Å². The molecule has 0 amide bonds. The Morgan fingerprint density at radius 2 is 1.95 bits per heavy atom. The lowest BCUT2D eigenvalue weighted by atomic mass is 10.1. The number of nitrogens with zero attached hydrogens (tertiary/aromatic N) is 4. The van der Waals surface area contributed by atoms with Gasteiger partial charge in [0.05, 0.1) is 6.54 Å². The zero-order valence-corrected chi connectivity index (χ0v) is 13.0. The molecule has 1 aromatic heterocycles. The Kier molecular flexibility index (Phi) is 4.65. The topological polar surface area (TPSA) is 58.3 Å². The minimum atomic E-state index is 0.488. The molecule has 1 saturated heterocycles. The van der Waals surface area contributed by atoms with Crippen molar-refractivity contribution in [3.05, 3.63) is 54.0 Å². The molecular weight excluding hydrogens is 274 g/mol. The fourth-order valence-corrected chi connectivity index (χ4v) is 2.96. The molecule has 1 aromatic carbocycles. The number of piperazine rings is 1. The molecule has 116 valence electrons. The van der Waals surface area contributed by atoms with Gasteiger partial charge in [-0.15, -0.1) is 0 Å². The van der Waals surface area contributed by atoms with Crippen LogP contribution in [0.2, 0.25) is 0 Å². The molecule has 0 bridgehead atoms. The molecule has 0 aliphatic carbocycles. The van der Waals surface area contributed by atoms with Gasteiger partial charge in [0.1, 0.15) is 11.6 Å². The van der Waals surface area contributed by atoms with Crippen molar-refractivity contribution in [2.45, 2.75) is 26.1 Å². The molecule has 3 rings (SSSR count). The smallest absolute Gasteiger partial charge is 0.144 e. The lowest BCUT2D eigenvalue weighted by molar-refractivity contribution is 0.0713. The van der Waals surface area contributed by atoms with Gasteiger partial charge in [-0.3, -0.25) is 9.80 Å².